The lowest BCUT2D eigenvalue weighted by atomic mass is 9.95. The maximum absolute atomic E-state index is 13.5. The molecule has 5 heterocycles. The molecule has 1 amide bonds. The number of carbonyl (C=O) groups is 1. The van der Waals surface area contributed by atoms with Gasteiger partial charge in [0.15, 0.2) is 10.8 Å². The van der Waals surface area contributed by atoms with Gasteiger partial charge in [0.05, 0.1) is 24.0 Å². The summed E-state index contributed by atoms with van der Waals surface area (Å²) in [6, 6.07) is 11.0. The number of aromatic nitrogens is 5. The molecule has 3 aromatic heterocycles. The fraction of sp³-hybridized carbons (Fsp3) is 0.320. The van der Waals surface area contributed by atoms with Crippen LogP contribution < -0.4 is 5.56 Å². The van der Waals surface area contributed by atoms with Gasteiger partial charge in [-0.2, -0.15) is 5.10 Å². The maximum Gasteiger partial charge on any atom is 0.265 e. The molecule has 6 rings (SSSR count). The minimum absolute atomic E-state index is 0.0356. The highest BCUT2D eigenvalue weighted by Crippen LogP contribution is 2.36. The molecule has 0 bridgehead atoms. The zero-order valence-electron chi connectivity index (χ0n) is 18.9. The SMILES string of the molecule is O=C(CC1CSc2nc3c(cnn3-c3ccc(Cl)cc3)c(=O)n21)N1CCCCC1c1cccnc1. The van der Waals surface area contributed by atoms with Crippen molar-refractivity contribution in [3.8, 4) is 5.69 Å². The normalized spacial score (nSPS) is 19.7. The number of benzene rings is 1. The van der Waals surface area contributed by atoms with Crippen LogP contribution >= 0.6 is 23.4 Å². The van der Waals surface area contributed by atoms with Gasteiger partial charge in [0.25, 0.3) is 5.56 Å². The van der Waals surface area contributed by atoms with Crippen molar-refractivity contribution >= 4 is 40.3 Å². The molecule has 35 heavy (non-hydrogen) atoms. The molecule has 0 N–H and O–H groups in total. The molecule has 0 aliphatic carbocycles. The third kappa shape index (κ3) is 4.02. The summed E-state index contributed by atoms with van der Waals surface area (Å²) in [5, 5.41) is 6.10. The van der Waals surface area contributed by atoms with Gasteiger partial charge in [0.1, 0.15) is 5.39 Å². The molecule has 2 unspecified atom stereocenters. The van der Waals surface area contributed by atoms with Gasteiger partial charge in [-0.3, -0.25) is 19.1 Å². The Morgan fingerprint density at radius 2 is 2.00 bits per heavy atom. The van der Waals surface area contributed by atoms with Crippen molar-refractivity contribution in [1.29, 1.82) is 0 Å². The Morgan fingerprint density at radius 3 is 2.80 bits per heavy atom. The highest BCUT2D eigenvalue weighted by molar-refractivity contribution is 7.99. The summed E-state index contributed by atoms with van der Waals surface area (Å²) in [5.41, 5.74) is 2.20. The van der Waals surface area contributed by atoms with Crippen LogP contribution in [0.2, 0.25) is 5.02 Å². The molecule has 2 atom stereocenters. The Labute approximate surface area is 210 Å². The number of carbonyl (C=O) groups excluding carboxylic acids is 1. The monoisotopic (exact) mass is 506 g/mol. The number of fused-ring (bicyclic) bond motifs is 2. The molecular formula is C25H23ClN6O2S. The molecule has 0 spiro atoms. The number of nitrogens with zero attached hydrogens (tertiary/aromatic N) is 6. The molecule has 2 aliphatic rings. The van der Waals surface area contributed by atoms with E-state index in [-0.39, 0.29) is 30.0 Å². The van der Waals surface area contributed by atoms with E-state index in [4.69, 9.17) is 16.6 Å². The first-order valence-corrected chi connectivity index (χ1v) is 13.0. The number of halogens is 1. The van der Waals surface area contributed by atoms with Crippen LogP contribution in [0.1, 0.15) is 43.3 Å². The van der Waals surface area contributed by atoms with Gasteiger partial charge < -0.3 is 4.90 Å². The second-order valence-corrected chi connectivity index (χ2v) is 10.3. The Hall–Kier alpha value is -3.17. The predicted molar refractivity (Wildman–Crippen MR) is 135 cm³/mol. The minimum Gasteiger partial charge on any atom is -0.336 e. The van der Waals surface area contributed by atoms with Crippen LogP contribution in [0.3, 0.4) is 0 Å². The molecule has 4 aromatic rings. The van der Waals surface area contributed by atoms with E-state index in [2.05, 4.69) is 10.1 Å². The van der Waals surface area contributed by atoms with Crippen LogP contribution in [-0.2, 0) is 4.79 Å². The highest BCUT2D eigenvalue weighted by Gasteiger charge is 2.34. The van der Waals surface area contributed by atoms with E-state index in [1.165, 1.54) is 11.8 Å². The first-order chi connectivity index (χ1) is 17.1. The largest absolute Gasteiger partial charge is 0.336 e. The molecule has 8 nitrogen and oxygen atoms in total. The Kier molecular flexibility index (Phi) is 5.82. The third-order valence-corrected chi connectivity index (χ3v) is 8.09. The molecule has 178 valence electrons. The standard InChI is InChI=1S/C25H23ClN6O2S/c26-17-6-8-18(9-7-17)32-23-20(14-28-32)24(34)31-19(15-35-25(31)29-23)12-22(33)30-11-2-1-5-21(30)16-4-3-10-27-13-16/h3-4,6-10,13-14,19,21H,1-2,5,11-12,15H2. The smallest absolute Gasteiger partial charge is 0.265 e. The van der Waals surface area contributed by atoms with Crippen LogP contribution in [-0.4, -0.2) is 47.4 Å². The number of hydrogen-bond acceptors (Lipinski definition) is 6. The van der Waals surface area contributed by atoms with Gasteiger partial charge in [-0.05, 0) is 55.2 Å². The quantitative estimate of drug-likeness (QED) is 0.381. The number of pyridine rings is 1. The highest BCUT2D eigenvalue weighted by atomic mass is 35.5. The van der Waals surface area contributed by atoms with Gasteiger partial charge in [0.2, 0.25) is 5.91 Å². The maximum atomic E-state index is 13.5. The third-order valence-electron chi connectivity index (χ3n) is 6.74. The number of piperidine rings is 1. The molecule has 1 fully saturated rings. The summed E-state index contributed by atoms with van der Waals surface area (Å²) >= 11 is 7.52. The van der Waals surface area contributed by atoms with E-state index in [1.807, 2.05) is 35.4 Å². The van der Waals surface area contributed by atoms with E-state index in [1.54, 1.807) is 33.8 Å². The van der Waals surface area contributed by atoms with Crippen LogP contribution in [0.25, 0.3) is 16.7 Å². The van der Waals surface area contributed by atoms with E-state index >= 15 is 0 Å². The van der Waals surface area contributed by atoms with E-state index in [0.717, 1.165) is 37.1 Å². The van der Waals surface area contributed by atoms with E-state index < -0.39 is 0 Å². The zero-order chi connectivity index (χ0) is 23.9. The molecule has 2 aliphatic heterocycles. The average Bonchev–Trinajstić information content (AvgIpc) is 3.50. The number of hydrogen-bond donors (Lipinski definition) is 0. The number of amides is 1. The van der Waals surface area contributed by atoms with E-state index in [0.29, 0.717) is 27.0 Å². The van der Waals surface area contributed by atoms with Crippen molar-refractivity contribution in [3.63, 3.8) is 0 Å². The first-order valence-electron chi connectivity index (χ1n) is 11.7. The Bertz CT molecular complexity index is 1450. The lowest BCUT2D eigenvalue weighted by Gasteiger charge is -2.36. The number of thioether (sulfide) groups is 1. The molecule has 10 heteroatoms. The minimum atomic E-state index is -0.234. The first kappa shape index (κ1) is 22.3. The summed E-state index contributed by atoms with van der Waals surface area (Å²) in [7, 11) is 0. The lowest BCUT2D eigenvalue weighted by Crippen LogP contribution is -2.40. The summed E-state index contributed by atoms with van der Waals surface area (Å²) in [6.07, 6.45) is 8.43. The second-order valence-electron chi connectivity index (χ2n) is 8.89. The fourth-order valence-electron chi connectivity index (χ4n) is 5.02. The van der Waals surface area contributed by atoms with Crippen molar-refractivity contribution in [2.24, 2.45) is 0 Å². The van der Waals surface area contributed by atoms with Crippen molar-refractivity contribution < 1.29 is 4.79 Å². The van der Waals surface area contributed by atoms with E-state index in [9.17, 15) is 9.59 Å². The second kappa shape index (κ2) is 9.13. The van der Waals surface area contributed by atoms with Crippen molar-refractivity contribution in [3.05, 3.63) is 75.9 Å². The van der Waals surface area contributed by atoms with Gasteiger partial charge in [-0.15, -0.1) is 0 Å². The average molecular weight is 507 g/mol. The van der Waals surface area contributed by atoms with Gasteiger partial charge in [0, 0.05) is 36.1 Å². The lowest BCUT2D eigenvalue weighted by molar-refractivity contribution is -0.135. The number of rotatable bonds is 4. The molecular weight excluding hydrogens is 484 g/mol. The van der Waals surface area contributed by atoms with Crippen molar-refractivity contribution in [1.82, 2.24) is 29.2 Å². The van der Waals surface area contributed by atoms with Crippen LogP contribution in [0.5, 0.6) is 0 Å². The fourth-order valence-corrected chi connectivity index (χ4v) is 6.28. The van der Waals surface area contributed by atoms with Gasteiger partial charge >= 0.3 is 0 Å². The van der Waals surface area contributed by atoms with Crippen LogP contribution in [0, 0.1) is 0 Å². The summed E-state index contributed by atoms with van der Waals surface area (Å²) in [6.45, 7) is 0.727. The Morgan fingerprint density at radius 1 is 1.14 bits per heavy atom. The topological polar surface area (TPSA) is 85.9 Å². The van der Waals surface area contributed by atoms with Crippen LogP contribution in [0.4, 0.5) is 0 Å². The van der Waals surface area contributed by atoms with Crippen molar-refractivity contribution in [2.75, 3.05) is 12.3 Å². The molecule has 1 saturated heterocycles. The van der Waals surface area contributed by atoms with Crippen molar-refractivity contribution in [2.45, 2.75) is 42.9 Å². The summed E-state index contributed by atoms with van der Waals surface area (Å²) < 4.78 is 3.33. The number of likely N-dealkylation sites (tertiary alicyclic amines) is 1. The zero-order valence-corrected chi connectivity index (χ0v) is 20.5. The Balaban J connectivity index is 1.29. The predicted octanol–water partition coefficient (Wildman–Crippen LogP) is 4.42. The molecule has 0 radical (unpaired) electrons. The summed E-state index contributed by atoms with van der Waals surface area (Å²) in [4.78, 5) is 37.9. The van der Waals surface area contributed by atoms with Crippen LogP contribution in [0.15, 0.2) is 64.9 Å². The van der Waals surface area contributed by atoms with Gasteiger partial charge in [-0.1, -0.05) is 29.4 Å². The molecule has 0 saturated carbocycles. The summed E-state index contributed by atoms with van der Waals surface area (Å²) in [5.74, 6) is 0.709. The van der Waals surface area contributed by atoms with Gasteiger partial charge in [-0.25, -0.2) is 9.67 Å². The molecule has 1 aromatic carbocycles.